The van der Waals surface area contributed by atoms with Crippen molar-refractivity contribution in [1.29, 1.82) is 0 Å². The fraction of sp³-hybridized carbons (Fsp3) is 0.0952. The number of nitro groups is 1. The Hall–Kier alpha value is -3.87. The number of nitro benzene ring substituents is 1. The quantitative estimate of drug-likeness (QED) is 0.425. The number of nitrogens with two attached hydrogens (primary N) is 1. The van der Waals surface area contributed by atoms with Crippen molar-refractivity contribution in [2.75, 3.05) is 7.11 Å². The number of rotatable bonds is 3. The summed E-state index contributed by atoms with van der Waals surface area (Å²) in [4.78, 5) is 23.4. The maximum atomic E-state index is 12.6. The first-order valence-electron chi connectivity index (χ1n) is 8.53. The van der Waals surface area contributed by atoms with Crippen molar-refractivity contribution in [1.82, 2.24) is 0 Å². The molecule has 1 aliphatic heterocycles. The zero-order valence-electron chi connectivity index (χ0n) is 14.9. The standard InChI is InChI=1S/C21H16N2O5/c1-27-21(24)19-17(13-6-4-7-14(11-13)23(25)26)18-15-8-3-2-5-12(15)9-10-16(18)28-20(19)22/h2-11,17H,22H2,1H3/t17-/m0/s1. The molecule has 3 aromatic carbocycles. The number of benzene rings is 3. The first-order valence-corrected chi connectivity index (χ1v) is 8.53. The molecular weight excluding hydrogens is 360 g/mol. The summed E-state index contributed by atoms with van der Waals surface area (Å²) in [6.07, 6.45) is 0. The van der Waals surface area contributed by atoms with E-state index in [0.29, 0.717) is 16.9 Å². The van der Waals surface area contributed by atoms with Gasteiger partial charge in [-0.3, -0.25) is 10.1 Å². The summed E-state index contributed by atoms with van der Waals surface area (Å²) in [5, 5.41) is 13.1. The number of nitrogens with zero attached hydrogens (tertiary/aromatic N) is 1. The minimum Gasteiger partial charge on any atom is -0.465 e. The number of carbonyl (C=O) groups excluding carboxylic acids is 1. The summed E-state index contributed by atoms with van der Waals surface area (Å²) < 4.78 is 10.7. The molecule has 2 N–H and O–H groups in total. The molecule has 28 heavy (non-hydrogen) atoms. The second-order valence-corrected chi connectivity index (χ2v) is 6.36. The molecule has 0 aromatic heterocycles. The summed E-state index contributed by atoms with van der Waals surface area (Å²) >= 11 is 0. The molecule has 7 nitrogen and oxygen atoms in total. The predicted octanol–water partition coefficient (Wildman–Crippen LogP) is 3.62. The van der Waals surface area contributed by atoms with Gasteiger partial charge < -0.3 is 15.2 Å². The lowest BCUT2D eigenvalue weighted by Gasteiger charge is -2.29. The number of ether oxygens (including phenoxy) is 2. The van der Waals surface area contributed by atoms with Crippen LogP contribution in [-0.2, 0) is 9.53 Å². The van der Waals surface area contributed by atoms with Crippen molar-refractivity contribution in [3.63, 3.8) is 0 Å². The van der Waals surface area contributed by atoms with Crippen molar-refractivity contribution in [3.05, 3.63) is 93.4 Å². The lowest BCUT2D eigenvalue weighted by molar-refractivity contribution is -0.384. The molecule has 7 heteroatoms. The molecule has 0 bridgehead atoms. The Morgan fingerprint density at radius 3 is 2.68 bits per heavy atom. The van der Waals surface area contributed by atoms with E-state index in [-0.39, 0.29) is 17.1 Å². The molecule has 0 amide bonds. The Labute approximate surface area is 160 Å². The Bertz CT molecular complexity index is 1150. The zero-order chi connectivity index (χ0) is 19.8. The van der Waals surface area contributed by atoms with Crippen LogP contribution in [0.15, 0.2) is 72.1 Å². The minimum atomic E-state index is -0.665. The molecule has 140 valence electrons. The van der Waals surface area contributed by atoms with Crippen LogP contribution in [0.3, 0.4) is 0 Å². The van der Waals surface area contributed by atoms with E-state index in [2.05, 4.69) is 0 Å². The number of hydrogen-bond acceptors (Lipinski definition) is 6. The molecule has 3 aromatic rings. The van der Waals surface area contributed by atoms with Crippen LogP contribution in [0.25, 0.3) is 10.8 Å². The van der Waals surface area contributed by atoms with Crippen molar-refractivity contribution in [2.45, 2.75) is 5.92 Å². The Morgan fingerprint density at radius 2 is 1.93 bits per heavy atom. The van der Waals surface area contributed by atoms with Crippen LogP contribution >= 0.6 is 0 Å². The van der Waals surface area contributed by atoms with Gasteiger partial charge in [0.05, 0.1) is 18.0 Å². The number of carbonyl (C=O) groups is 1. The monoisotopic (exact) mass is 376 g/mol. The molecule has 4 rings (SSSR count). The summed E-state index contributed by atoms with van der Waals surface area (Å²) in [7, 11) is 1.26. The number of hydrogen-bond donors (Lipinski definition) is 1. The number of non-ortho nitro benzene ring substituents is 1. The van der Waals surface area contributed by atoms with Gasteiger partial charge in [0.2, 0.25) is 5.88 Å². The van der Waals surface area contributed by atoms with Gasteiger partial charge in [0.25, 0.3) is 5.69 Å². The van der Waals surface area contributed by atoms with Crippen molar-refractivity contribution in [2.24, 2.45) is 5.73 Å². The van der Waals surface area contributed by atoms with Gasteiger partial charge in [0.15, 0.2) is 0 Å². The van der Waals surface area contributed by atoms with Crippen LogP contribution in [0.5, 0.6) is 5.75 Å². The highest BCUT2D eigenvalue weighted by Gasteiger charge is 2.37. The van der Waals surface area contributed by atoms with E-state index < -0.39 is 16.8 Å². The van der Waals surface area contributed by atoms with Crippen LogP contribution in [-0.4, -0.2) is 18.0 Å². The lowest BCUT2D eigenvalue weighted by Crippen LogP contribution is -2.27. The molecule has 0 unspecified atom stereocenters. The minimum absolute atomic E-state index is 0.0754. The highest BCUT2D eigenvalue weighted by Crippen LogP contribution is 2.46. The second kappa shape index (κ2) is 6.70. The van der Waals surface area contributed by atoms with E-state index in [0.717, 1.165) is 10.8 Å². The predicted molar refractivity (Wildman–Crippen MR) is 103 cm³/mol. The highest BCUT2D eigenvalue weighted by molar-refractivity contribution is 5.97. The van der Waals surface area contributed by atoms with Crippen molar-refractivity contribution in [3.8, 4) is 5.75 Å². The van der Waals surface area contributed by atoms with E-state index in [1.807, 2.05) is 30.3 Å². The Kier molecular flexibility index (Phi) is 4.19. The molecule has 1 aliphatic rings. The molecule has 1 atom stereocenters. The summed E-state index contributed by atoms with van der Waals surface area (Å²) in [5.74, 6) is -0.888. The van der Waals surface area contributed by atoms with Crippen LogP contribution in [0, 0.1) is 10.1 Å². The molecule has 1 heterocycles. The normalized spacial score (nSPS) is 15.7. The first-order chi connectivity index (χ1) is 13.5. The van der Waals surface area contributed by atoms with Crippen molar-refractivity contribution < 1.29 is 19.2 Å². The molecule has 0 saturated carbocycles. The van der Waals surface area contributed by atoms with E-state index in [9.17, 15) is 14.9 Å². The van der Waals surface area contributed by atoms with Crippen LogP contribution < -0.4 is 10.5 Å². The maximum absolute atomic E-state index is 12.6. The molecule has 0 fully saturated rings. The lowest BCUT2D eigenvalue weighted by atomic mass is 9.80. The molecule has 0 radical (unpaired) electrons. The zero-order valence-corrected chi connectivity index (χ0v) is 14.9. The van der Waals surface area contributed by atoms with Gasteiger partial charge in [-0.25, -0.2) is 4.79 Å². The first kappa shape index (κ1) is 17.5. The van der Waals surface area contributed by atoms with Gasteiger partial charge in [0, 0.05) is 17.7 Å². The van der Waals surface area contributed by atoms with E-state index in [1.165, 1.54) is 19.2 Å². The summed E-state index contributed by atoms with van der Waals surface area (Å²) in [6, 6.07) is 17.5. The smallest absolute Gasteiger partial charge is 0.340 e. The number of methoxy groups -OCH3 is 1. The SMILES string of the molecule is COC(=O)C1=C(N)Oc2ccc3ccccc3c2[C@@H]1c1cccc([N+](=O)[O-])c1. The van der Waals surface area contributed by atoms with Crippen molar-refractivity contribution >= 4 is 22.4 Å². The summed E-state index contributed by atoms with van der Waals surface area (Å²) in [6.45, 7) is 0. The van der Waals surface area contributed by atoms with E-state index in [1.54, 1.807) is 18.2 Å². The maximum Gasteiger partial charge on any atom is 0.340 e. The Morgan fingerprint density at radius 1 is 1.14 bits per heavy atom. The molecule has 0 aliphatic carbocycles. The van der Waals surface area contributed by atoms with Crippen LogP contribution in [0.1, 0.15) is 17.0 Å². The fourth-order valence-electron chi connectivity index (χ4n) is 3.60. The van der Waals surface area contributed by atoms with Crippen LogP contribution in [0.4, 0.5) is 5.69 Å². The van der Waals surface area contributed by atoms with Gasteiger partial charge in [-0.15, -0.1) is 0 Å². The summed E-state index contributed by atoms with van der Waals surface area (Å²) in [5.41, 5.74) is 7.37. The fourth-order valence-corrected chi connectivity index (χ4v) is 3.60. The average Bonchev–Trinajstić information content (AvgIpc) is 2.72. The third-order valence-electron chi connectivity index (χ3n) is 4.81. The van der Waals surface area contributed by atoms with Gasteiger partial charge in [0.1, 0.15) is 11.3 Å². The molecular formula is C21H16N2O5. The number of esters is 1. The van der Waals surface area contributed by atoms with Gasteiger partial charge in [-0.05, 0) is 22.4 Å². The van der Waals surface area contributed by atoms with E-state index in [4.69, 9.17) is 15.2 Å². The third kappa shape index (κ3) is 2.73. The van der Waals surface area contributed by atoms with Crippen LogP contribution in [0.2, 0.25) is 0 Å². The average molecular weight is 376 g/mol. The van der Waals surface area contributed by atoms with Gasteiger partial charge in [-0.1, -0.05) is 42.5 Å². The Balaban J connectivity index is 2.05. The third-order valence-corrected chi connectivity index (χ3v) is 4.81. The molecule has 0 saturated heterocycles. The highest BCUT2D eigenvalue weighted by atomic mass is 16.6. The second-order valence-electron chi connectivity index (χ2n) is 6.36. The van der Waals surface area contributed by atoms with Gasteiger partial charge >= 0.3 is 5.97 Å². The topological polar surface area (TPSA) is 105 Å². The number of fused-ring (bicyclic) bond motifs is 3. The molecule has 0 spiro atoms. The van der Waals surface area contributed by atoms with E-state index >= 15 is 0 Å². The largest absolute Gasteiger partial charge is 0.465 e. The van der Waals surface area contributed by atoms with Gasteiger partial charge in [-0.2, -0.15) is 0 Å².